The van der Waals surface area contributed by atoms with Crippen molar-refractivity contribution in [2.45, 2.75) is 41.4 Å². The predicted molar refractivity (Wildman–Crippen MR) is 133 cm³/mol. The van der Waals surface area contributed by atoms with E-state index in [1.54, 1.807) is 0 Å². The van der Waals surface area contributed by atoms with E-state index in [4.69, 9.17) is 0 Å². The van der Waals surface area contributed by atoms with Crippen LogP contribution in [0.4, 0.5) is 5.69 Å². The normalized spacial score (nSPS) is 20.7. The van der Waals surface area contributed by atoms with E-state index in [1.807, 2.05) is 36.7 Å². The van der Waals surface area contributed by atoms with Crippen LogP contribution in [0, 0.1) is 0 Å². The zero-order chi connectivity index (χ0) is 19.4. The molecule has 0 spiro atoms. The molecule has 2 aliphatic rings. The maximum atomic E-state index is 4.47. The van der Waals surface area contributed by atoms with Gasteiger partial charge < -0.3 is 15.5 Å². The quantitative estimate of drug-likeness (QED) is 0.343. The Balaban J connectivity index is 0.00000240. The van der Waals surface area contributed by atoms with Gasteiger partial charge in [0.15, 0.2) is 5.96 Å². The maximum absolute atomic E-state index is 4.47. The Bertz CT molecular complexity index is 805. The first-order valence-electron chi connectivity index (χ1n) is 10.1. The van der Waals surface area contributed by atoms with Crippen LogP contribution in [-0.2, 0) is 7.05 Å². The topological polar surface area (TPSA) is 57.5 Å². The molecule has 2 fully saturated rings. The molecule has 6 nitrogen and oxygen atoms in total. The highest BCUT2D eigenvalue weighted by Gasteiger charge is 2.43. The summed E-state index contributed by atoms with van der Waals surface area (Å²) in [5.74, 6) is 0.915. The van der Waals surface area contributed by atoms with E-state index in [0.29, 0.717) is 10.8 Å². The molecular weight excluding hydrogens is 495 g/mol. The van der Waals surface area contributed by atoms with E-state index in [-0.39, 0.29) is 24.0 Å². The number of aryl methyl sites for hydroxylation is 1. The number of aliphatic imine (C=N–C) groups is 1. The number of benzene rings is 1. The molecule has 1 saturated carbocycles. The molecule has 1 saturated heterocycles. The van der Waals surface area contributed by atoms with E-state index in [1.165, 1.54) is 36.3 Å². The van der Waals surface area contributed by atoms with Crippen LogP contribution in [0.5, 0.6) is 0 Å². The Hall–Kier alpha value is -1.42. The van der Waals surface area contributed by atoms with Crippen molar-refractivity contribution in [1.82, 2.24) is 20.4 Å². The molecule has 1 atom stereocenters. The fraction of sp³-hybridized carbons (Fsp3) is 0.524. The molecular formula is C21H31IN6S. The van der Waals surface area contributed by atoms with Crippen molar-refractivity contribution in [1.29, 1.82) is 0 Å². The minimum absolute atomic E-state index is 0. The van der Waals surface area contributed by atoms with Gasteiger partial charge in [-0.2, -0.15) is 5.10 Å². The molecule has 1 aliphatic heterocycles. The number of aromatic nitrogens is 2. The number of piperidine rings is 1. The highest BCUT2D eigenvalue weighted by Crippen LogP contribution is 2.51. The van der Waals surface area contributed by atoms with E-state index in [9.17, 15) is 0 Å². The van der Waals surface area contributed by atoms with Crippen LogP contribution in [0.3, 0.4) is 0 Å². The van der Waals surface area contributed by atoms with Crippen LogP contribution in [0.1, 0.15) is 25.7 Å². The van der Waals surface area contributed by atoms with Crippen molar-refractivity contribution in [3.05, 3.63) is 42.7 Å². The summed E-state index contributed by atoms with van der Waals surface area (Å²) >= 11 is 1.99. The summed E-state index contributed by atoms with van der Waals surface area (Å²) in [6.07, 6.45) is 8.91. The van der Waals surface area contributed by atoms with Crippen molar-refractivity contribution >= 4 is 47.4 Å². The molecule has 1 aromatic heterocycles. The Morgan fingerprint density at radius 2 is 2.10 bits per heavy atom. The number of thioether (sulfide) groups is 1. The van der Waals surface area contributed by atoms with Crippen LogP contribution in [0.25, 0.3) is 0 Å². The summed E-state index contributed by atoms with van der Waals surface area (Å²) in [6.45, 7) is 3.02. The number of anilines is 1. The third kappa shape index (κ3) is 6.04. The molecule has 0 amide bonds. The van der Waals surface area contributed by atoms with Crippen molar-refractivity contribution in [2.75, 3.05) is 31.6 Å². The predicted octanol–water partition coefficient (Wildman–Crippen LogP) is 3.50. The maximum Gasteiger partial charge on any atom is 0.191 e. The lowest BCUT2D eigenvalue weighted by molar-refractivity contribution is 0.468. The molecule has 2 heterocycles. The highest BCUT2D eigenvalue weighted by atomic mass is 127. The van der Waals surface area contributed by atoms with Gasteiger partial charge in [-0.25, -0.2) is 0 Å². The molecule has 4 rings (SSSR count). The standard InChI is InChI=1S/C21H30N6S.HI/c1-22-20(23-16-21(10-11-21)28-19-8-4-3-5-9-19)25-17-7-6-12-27(14-17)18-13-24-26(2)15-18;/h3-5,8-9,13,15,17H,6-7,10-12,14,16H2,1-2H3,(H2,22,23,25);1H. The van der Waals surface area contributed by atoms with Gasteiger partial charge in [-0.1, -0.05) is 18.2 Å². The minimum atomic E-state index is 0. The van der Waals surface area contributed by atoms with Crippen molar-refractivity contribution in [2.24, 2.45) is 12.0 Å². The molecule has 29 heavy (non-hydrogen) atoms. The van der Waals surface area contributed by atoms with E-state index >= 15 is 0 Å². The lowest BCUT2D eigenvalue weighted by Gasteiger charge is -2.34. The minimum Gasteiger partial charge on any atom is -0.367 e. The van der Waals surface area contributed by atoms with Gasteiger partial charge in [-0.3, -0.25) is 9.67 Å². The second kappa shape index (κ2) is 10.1. The fourth-order valence-electron chi connectivity index (χ4n) is 3.73. The summed E-state index contributed by atoms with van der Waals surface area (Å²) in [6, 6.07) is 11.1. The summed E-state index contributed by atoms with van der Waals surface area (Å²) < 4.78 is 2.18. The summed E-state index contributed by atoms with van der Waals surface area (Å²) in [4.78, 5) is 8.23. The molecule has 2 aromatic rings. The number of nitrogens with zero attached hydrogens (tertiary/aromatic N) is 4. The second-order valence-electron chi connectivity index (χ2n) is 7.83. The molecule has 2 N–H and O–H groups in total. The smallest absolute Gasteiger partial charge is 0.191 e. The monoisotopic (exact) mass is 526 g/mol. The van der Waals surface area contributed by atoms with E-state index in [0.717, 1.165) is 25.6 Å². The van der Waals surface area contributed by atoms with E-state index in [2.05, 4.69) is 62.2 Å². The van der Waals surface area contributed by atoms with Crippen molar-refractivity contribution in [3.63, 3.8) is 0 Å². The van der Waals surface area contributed by atoms with Gasteiger partial charge in [0.1, 0.15) is 0 Å². The van der Waals surface area contributed by atoms with Crippen LogP contribution >= 0.6 is 35.7 Å². The van der Waals surface area contributed by atoms with Crippen LogP contribution in [-0.4, -0.2) is 53.2 Å². The molecule has 8 heteroatoms. The Kier molecular flexibility index (Phi) is 7.72. The molecule has 1 aromatic carbocycles. The van der Waals surface area contributed by atoms with Crippen LogP contribution in [0.2, 0.25) is 0 Å². The number of hydrogen-bond donors (Lipinski definition) is 2. The van der Waals surface area contributed by atoms with Gasteiger partial charge in [0, 0.05) is 55.6 Å². The number of halogens is 1. The SMILES string of the molecule is CN=C(NCC1(Sc2ccccc2)CC1)NC1CCCN(c2cnn(C)c2)C1.I. The lowest BCUT2D eigenvalue weighted by Crippen LogP contribution is -2.52. The summed E-state index contributed by atoms with van der Waals surface area (Å²) in [5, 5.41) is 11.5. The number of rotatable bonds is 6. The number of guanidine groups is 1. The van der Waals surface area contributed by atoms with Gasteiger partial charge in [0.05, 0.1) is 11.9 Å². The van der Waals surface area contributed by atoms with Gasteiger partial charge in [-0.05, 0) is 37.8 Å². The number of nitrogens with one attached hydrogen (secondary N) is 2. The summed E-state index contributed by atoms with van der Waals surface area (Å²) in [7, 11) is 3.83. The fourth-order valence-corrected chi connectivity index (χ4v) is 4.97. The highest BCUT2D eigenvalue weighted by molar-refractivity contribution is 14.0. The van der Waals surface area contributed by atoms with Gasteiger partial charge in [0.2, 0.25) is 0 Å². The molecule has 0 bridgehead atoms. The first-order valence-corrected chi connectivity index (χ1v) is 10.9. The summed E-state index contributed by atoms with van der Waals surface area (Å²) in [5.41, 5.74) is 1.20. The molecule has 158 valence electrons. The molecule has 1 unspecified atom stereocenters. The average molecular weight is 526 g/mol. The van der Waals surface area contributed by atoms with Crippen LogP contribution < -0.4 is 15.5 Å². The van der Waals surface area contributed by atoms with Crippen LogP contribution in [0.15, 0.2) is 52.6 Å². The van der Waals surface area contributed by atoms with Crippen molar-refractivity contribution in [3.8, 4) is 0 Å². The van der Waals surface area contributed by atoms with E-state index < -0.39 is 0 Å². The van der Waals surface area contributed by atoms with Gasteiger partial charge in [0.25, 0.3) is 0 Å². The zero-order valence-electron chi connectivity index (χ0n) is 17.2. The number of hydrogen-bond acceptors (Lipinski definition) is 4. The average Bonchev–Trinajstić information content (AvgIpc) is 3.34. The molecule has 1 aliphatic carbocycles. The van der Waals surface area contributed by atoms with Crippen molar-refractivity contribution < 1.29 is 0 Å². The molecule has 0 radical (unpaired) electrons. The zero-order valence-corrected chi connectivity index (χ0v) is 20.3. The Morgan fingerprint density at radius 3 is 2.76 bits per heavy atom. The van der Waals surface area contributed by atoms with Gasteiger partial charge >= 0.3 is 0 Å². The third-order valence-corrected chi connectivity index (χ3v) is 7.00. The first-order chi connectivity index (χ1) is 13.7. The third-order valence-electron chi connectivity index (χ3n) is 5.51. The first kappa shape index (κ1) is 22.3. The second-order valence-corrected chi connectivity index (χ2v) is 9.37. The Labute approximate surface area is 194 Å². The largest absolute Gasteiger partial charge is 0.367 e. The van der Waals surface area contributed by atoms with Gasteiger partial charge in [-0.15, -0.1) is 35.7 Å². The lowest BCUT2D eigenvalue weighted by atomic mass is 10.1. The Morgan fingerprint density at radius 1 is 1.31 bits per heavy atom.